The molecule has 0 saturated carbocycles. The monoisotopic (exact) mass is 516 g/mol. The normalized spacial score (nSPS) is 11.0. The van der Waals surface area contributed by atoms with Crippen molar-refractivity contribution in [3.05, 3.63) is 40.8 Å². The number of rotatable bonds is 10. The highest BCUT2D eigenvalue weighted by Gasteiger charge is 2.09. The summed E-state index contributed by atoms with van der Waals surface area (Å²) in [5, 5.41) is 10.7. The summed E-state index contributed by atoms with van der Waals surface area (Å²) in [6.07, 6.45) is 1.70. The van der Waals surface area contributed by atoms with Crippen molar-refractivity contribution in [3.8, 4) is 11.5 Å². The minimum absolute atomic E-state index is 0. The van der Waals surface area contributed by atoms with Gasteiger partial charge in [0.15, 0.2) is 17.5 Å². The van der Waals surface area contributed by atoms with Crippen molar-refractivity contribution >= 4 is 29.9 Å². The van der Waals surface area contributed by atoms with Gasteiger partial charge in [-0.1, -0.05) is 11.2 Å². The van der Waals surface area contributed by atoms with Gasteiger partial charge in [0.2, 0.25) is 0 Å². The molecule has 0 amide bonds. The Morgan fingerprint density at radius 2 is 1.69 bits per heavy atom. The van der Waals surface area contributed by atoms with Crippen LogP contribution in [0.1, 0.15) is 36.4 Å². The van der Waals surface area contributed by atoms with Gasteiger partial charge in [-0.3, -0.25) is 4.99 Å². The molecule has 0 atom stereocenters. The molecule has 2 N–H and O–H groups in total. The molecular formula is C21H33IN4O3. The Balaban J connectivity index is 0.00000420. The first kappa shape index (κ1) is 25.1. The van der Waals surface area contributed by atoms with Crippen molar-refractivity contribution in [2.24, 2.45) is 4.99 Å². The van der Waals surface area contributed by atoms with Gasteiger partial charge in [-0.25, -0.2) is 0 Å². The quantitative estimate of drug-likeness (QED) is 0.285. The van der Waals surface area contributed by atoms with E-state index in [9.17, 15) is 0 Å². The number of aliphatic imine (C=N–C) groups is 1. The number of hydrogen-bond acceptors (Lipinski definition) is 5. The lowest BCUT2D eigenvalue weighted by atomic mass is 10.1. The average molecular weight is 516 g/mol. The third kappa shape index (κ3) is 7.75. The van der Waals surface area contributed by atoms with Crippen LogP contribution in [0.25, 0.3) is 0 Å². The highest BCUT2D eigenvalue weighted by molar-refractivity contribution is 14.0. The van der Waals surface area contributed by atoms with Crippen LogP contribution in [-0.2, 0) is 12.8 Å². The van der Waals surface area contributed by atoms with Gasteiger partial charge < -0.3 is 24.6 Å². The summed E-state index contributed by atoms with van der Waals surface area (Å²) in [5.41, 5.74) is 3.29. The maximum atomic E-state index is 5.69. The zero-order valence-corrected chi connectivity index (χ0v) is 20.3. The molecule has 0 fully saturated rings. The Kier molecular flexibility index (Phi) is 11.5. The summed E-state index contributed by atoms with van der Waals surface area (Å²) in [5.74, 6) is 3.24. The largest absolute Gasteiger partial charge is 0.490 e. The molecule has 0 aliphatic heterocycles. The number of nitrogens with one attached hydrogen (secondary N) is 2. The van der Waals surface area contributed by atoms with Gasteiger partial charge in [-0.2, -0.15) is 0 Å². The van der Waals surface area contributed by atoms with Gasteiger partial charge in [0.1, 0.15) is 5.76 Å². The van der Waals surface area contributed by atoms with E-state index in [1.54, 1.807) is 7.05 Å². The molecule has 0 unspecified atom stereocenters. The molecule has 2 rings (SSSR count). The van der Waals surface area contributed by atoms with E-state index in [1.165, 1.54) is 5.56 Å². The number of hydrogen-bond donors (Lipinski definition) is 2. The van der Waals surface area contributed by atoms with Crippen LogP contribution >= 0.6 is 24.0 Å². The molecule has 7 nitrogen and oxygen atoms in total. The maximum Gasteiger partial charge on any atom is 0.190 e. The first-order chi connectivity index (χ1) is 13.6. The SMILES string of the molecule is CCOc1ccc(CCNC(=NC)NCCc2c(C)noc2C)cc1OCC.I. The molecule has 1 aromatic heterocycles. The van der Waals surface area contributed by atoms with E-state index in [4.69, 9.17) is 14.0 Å². The van der Waals surface area contributed by atoms with Crippen LogP contribution in [0, 0.1) is 13.8 Å². The third-order valence-corrected chi connectivity index (χ3v) is 4.39. The molecule has 0 aliphatic rings. The van der Waals surface area contributed by atoms with E-state index >= 15 is 0 Å². The van der Waals surface area contributed by atoms with Crippen molar-refractivity contribution in [1.82, 2.24) is 15.8 Å². The lowest BCUT2D eigenvalue weighted by Crippen LogP contribution is -2.39. The van der Waals surface area contributed by atoms with Crippen molar-refractivity contribution in [1.29, 1.82) is 0 Å². The maximum absolute atomic E-state index is 5.69. The lowest BCUT2D eigenvalue weighted by molar-refractivity contribution is 0.287. The fourth-order valence-electron chi connectivity index (χ4n) is 2.96. The molecule has 1 heterocycles. The smallest absolute Gasteiger partial charge is 0.190 e. The number of halogens is 1. The first-order valence-corrected chi connectivity index (χ1v) is 9.83. The number of nitrogens with zero attached hydrogens (tertiary/aromatic N) is 2. The van der Waals surface area contributed by atoms with Crippen LogP contribution in [-0.4, -0.2) is 44.5 Å². The van der Waals surface area contributed by atoms with Gasteiger partial charge >= 0.3 is 0 Å². The Hall–Kier alpha value is -1.97. The molecule has 0 spiro atoms. The van der Waals surface area contributed by atoms with Crippen LogP contribution in [0.5, 0.6) is 11.5 Å². The fraction of sp³-hybridized carbons (Fsp3) is 0.524. The Morgan fingerprint density at radius 1 is 1.03 bits per heavy atom. The third-order valence-electron chi connectivity index (χ3n) is 4.39. The molecule has 2 aromatic rings. The zero-order chi connectivity index (χ0) is 20.4. The molecule has 1 aromatic carbocycles. The molecule has 8 heteroatoms. The second-order valence-corrected chi connectivity index (χ2v) is 6.38. The van der Waals surface area contributed by atoms with Crippen LogP contribution in [0.3, 0.4) is 0 Å². The van der Waals surface area contributed by atoms with Gasteiger partial charge in [-0.05, 0) is 58.2 Å². The highest BCUT2D eigenvalue weighted by atomic mass is 127. The number of aryl methyl sites for hydroxylation is 2. The second-order valence-electron chi connectivity index (χ2n) is 6.38. The van der Waals surface area contributed by atoms with Gasteiger partial charge in [0, 0.05) is 25.7 Å². The number of guanidine groups is 1. The van der Waals surface area contributed by atoms with Crippen LogP contribution in [0.2, 0.25) is 0 Å². The zero-order valence-electron chi connectivity index (χ0n) is 18.0. The minimum Gasteiger partial charge on any atom is -0.490 e. The van der Waals surface area contributed by atoms with Crippen LogP contribution in [0.15, 0.2) is 27.7 Å². The summed E-state index contributed by atoms with van der Waals surface area (Å²) in [6, 6.07) is 6.09. The van der Waals surface area contributed by atoms with Crippen molar-refractivity contribution in [2.45, 2.75) is 40.5 Å². The number of benzene rings is 1. The lowest BCUT2D eigenvalue weighted by Gasteiger charge is -2.14. The summed E-state index contributed by atoms with van der Waals surface area (Å²) in [7, 11) is 1.77. The standard InChI is InChI=1S/C21H32N4O3.HI/c1-6-26-19-9-8-17(14-20(19)27-7-2)10-12-23-21(22-5)24-13-11-18-15(3)25-28-16(18)4;/h8-9,14H,6-7,10-13H2,1-5H3,(H2,22,23,24);1H. The second kappa shape index (κ2) is 13.3. The van der Waals surface area contributed by atoms with Gasteiger partial charge in [0.25, 0.3) is 0 Å². The fourth-order valence-corrected chi connectivity index (χ4v) is 2.96. The predicted molar refractivity (Wildman–Crippen MR) is 127 cm³/mol. The minimum atomic E-state index is 0. The highest BCUT2D eigenvalue weighted by Crippen LogP contribution is 2.28. The van der Waals surface area contributed by atoms with E-state index in [0.717, 1.165) is 60.4 Å². The van der Waals surface area contributed by atoms with Gasteiger partial charge in [-0.15, -0.1) is 24.0 Å². The van der Waals surface area contributed by atoms with E-state index < -0.39 is 0 Å². The Labute approximate surface area is 190 Å². The molecule has 0 aliphatic carbocycles. The van der Waals surface area contributed by atoms with Crippen molar-refractivity contribution in [2.75, 3.05) is 33.4 Å². The number of aromatic nitrogens is 1. The Morgan fingerprint density at radius 3 is 2.28 bits per heavy atom. The topological polar surface area (TPSA) is 80.9 Å². The van der Waals surface area contributed by atoms with E-state index in [0.29, 0.717) is 13.2 Å². The summed E-state index contributed by atoms with van der Waals surface area (Å²) < 4.78 is 16.5. The summed E-state index contributed by atoms with van der Waals surface area (Å²) in [4.78, 5) is 4.28. The Bertz CT molecular complexity index is 758. The van der Waals surface area contributed by atoms with Gasteiger partial charge in [0.05, 0.1) is 18.9 Å². The van der Waals surface area contributed by atoms with Crippen LogP contribution < -0.4 is 20.1 Å². The predicted octanol–water partition coefficient (Wildman–Crippen LogP) is 3.66. The summed E-state index contributed by atoms with van der Waals surface area (Å²) in [6.45, 7) is 10.6. The summed E-state index contributed by atoms with van der Waals surface area (Å²) >= 11 is 0. The van der Waals surface area contributed by atoms with E-state index in [1.807, 2.05) is 39.8 Å². The first-order valence-electron chi connectivity index (χ1n) is 9.83. The molecule has 29 heavy (non-hydrogen) atoms. The van der Waals surface area contributed by atoms with Crippen molar-refractivity contribution < 1.29 is 14.0 Å². The van der Waals surface area contributed by atoms with E-state index in [-0.39, 0.29) is 24.0 Å². The van der Waals surface area contributed by atoms with E-state index in [2.05, 4.69) is 26.8 Å². The van der Waals surface area contributed by atoms with Crippen LogP contribution in [0.4, 0.5) is 0 Å². The average Bonchev–Trinajstić information content (AvgIpc) is 3.01. The molecular weight excluding hydrogens is 483 g/mol. The molecule has 0 bridgehead atoms. The van der Waals surface area contributed by atoms with Crippen molar-refractivity contribution in [3.63, 3.8) is 0 Å². The molecule has 162 valence electrons. The number of ether oxygens (including phenoxy) is 2. The molecule has 0 radical (unpaired) electrons. The molecule has 0 saturated heterocycles.